The highest BCUT2D eigenvalue weighted by molar-refractivity contribution is 5.84. The first-order valence-electron chi connectivity index (χ1n) is 11.7. The molecule has 6 rings (SSSR count). The Labute approximate surface area is 197 Å². The third-order valence-corrected chi connectivity index (χ3v) is 6.72. The van der Waals surface area contributed by atoms with Crippen LogP contribution in [-0.4, -0.2) is 42.8 Å². The Hall–Kier alpha value is -3.61. The van der Waals surface area contributed by atoms with E-state index in [2.05, 4.69) is 70.5 Å². The van der Waals surface area contributed by atoms with Gasteiger partial charge in [-0.05, 0) is 22.8 Å². The van der Waals surface area contributed by atoms with Gasteiger partial charge in [-0.2, -0.15) is 0 Å². The quantitative estimate of drug-likeness (QED) is 0.416. The SMILES string of the molecule is O=c1cc(CN2CCN(C(c3ccccc3)c3ccccc3)CC2)c2cc3c(cc2o1)OCO3. The number of hydrogen-bond donors (Lipinski definition) is 0. The predicted molar refractivity (Wildman–Crippen MR) is 130 cm³/mol. The van der Waals surface area contributed by atoms with Crippen LogP contribution in [0.25, 0.3) is 11.0 Å². The lowest BCUT2D eigenvalue weighted by Crippen LogP contribution is -2.47. The predicted octanol–water partition coefficient (Wildman–Crippen LogP) is 4.43. The van der Waals surface area contributed by atoms with E-state index in [1.165, 1.54) is 11.1 Å². The molecule has 1 fully saturated rings. The van der Waals surface area contributed by atoms with Gasteiger partial charge in [0.05, 0.1) is 6.04 Å². The monoisotopic (exact) mass is 454 g/mol. The van der Waals surface area contributed by atoms with Crippen LogP contribution < -0.4 is 15.1 Å². The van der Waals surface area contributed by atoms with E-state index in [0.29, 0.717) is 23.6 Å². The lowest BCUT2D eigenvalue weighted by Gasteiger charge is -2.40. The van der Waals surface area contributed by atoms with E-state index in [4.69, 9.17) is 13.9 Å². The summed E-state index contributed by atoms with van der Waals surface area (Å²) in [6, 6.07) is 26.9. The zero-order valence-corrected chi connectivity index (χ0v) is 18.9. The van der Waals surface area contributed by atoms with Gasteiger partial charge >= 0.3 is 5.63 Å². The fraction of sp³-hybridized carbons (Fsp3) is 0.250. The van der Waals surface area contributed by atoms with Crippen LogP contribution in [0.2, 0.25) is 0 Å². The van der Waals surface area contributed by atoms with Crippen LogP contribution in [0.3, 0.4) is 0 Å². The van der Waals surface area contributed by atoms with Gasteiger partial charge in [-0.15, -0.1) is 0 Å². The highest BCUT2D eigenvalue weighted by Crippen LogP contribution is 2.37. The highest BCUT2D eigenvalue weighted by Gasteiger charge is 2.27. The maximum Gasteiger partial charge on any atom is 0.336 e. The van der Waals surface area contributed by atoms with Crippen LogP contribution in [-0.2, 0) is 6.54 Å². The maximum atomic E-state index is 12.2. The molecule has 0 N–H and O–H groups in total. The molecular weight excluding hydrogens is 428 g/mol. The van der Waals surface area contributed by atoms with Crippen LogP contribution in [0.4, 0.5) is 0 Å². The summed E-state index contributed by atoms with van der Waals surface area (Å²) in [4.78, 5) is 17.2. The Kier molecular flexibility index (Phi) is 5.53. The molecule has 3 aromatic carbocycles. The molecule has 1 saturated heterocycles. The Bertz CT molecular complexity index is 1310. The molecule has 0 spiro atoms. The Morgan fingerprint density at radius 3 is 2.03 bits per heavy atom. The minimum Gasteiger partial charge on any atom is -0.454 e. The Morgan fingerprint density at radius 2 is 1.38 bits per heavy atom. The summed E-state index contributed by atoms with van der Waals surface area (Å²) >= 11 is 0. The van der Waals surface area contributed by atoms with Crippen LogP contribution in [0.1, 0.15) is 22.7 Å². The average Bonchev–Trinajstić information content (AvgIpc) is 3.33. The summed E-state index contributed by atoms with van der Waals surface area (Å²) in [6.07, 6.45) is 0. The molecule has 0 bridgehead atoms. The second-order valence-electron chi connectivity index (χ2n) is 8.83. The lowest BCUT2D eigenvalue weighted by molar-refractivity contribution is 0.105. The van der Waals surface area contributed by atoms with Crippen molar-refractivity contribution in [2.24, 2.45) is 0 Å². The molecule has 6 nitrogen and oxygen atoms in total. The van der Waals surface area contributed by atoms with Crippen LogP contribution in [0, 0.1) is 0 Å². The van der Waals surface area contributed by atoms with Crippen molar-refractivity contribution in [2.75, 3.05) is 33.0 Å². The molecule has 2 aliphatic heterocycles. The molecule has 0 saturated carbocycles. The van der Waals surface area contributed by atoms with Gasteiger partial charge < -0.3 is 13.9 Å². The van der Waals surface area contributed by atoms with Gasteiger partial charge in [-0.3, -0.25) is 9.80 Å². The summed E-state index contributed by atoms with van der Waals surface area (Å²) in [7, 11) is 0. The van der Waals surface area contributed by atoms with Crippen molar-refractivity contribution in [3.63, 3.8) is 0 Å². The van der Waals surface area contributed by atoms with Crippen LogP contribution in [0.5, 0.6) is 11.5 Å². The molecule has 172 valence electrons. The van der Waals surface area contributed by atoms with Gasteiger partial charge in [0.1, 0.15) is 5.58 Å². The van der Waals surface area contributed by atoms with Crippen molar-refractivity contribution in [1.82, 2.24) is 9.80 Å². The zero-order chi connectivity index (χ0) is 22.9. The van der Waals surface area contributed by atoms with Crippen molar-refractivity contribution in [3.8, 4) is 11.5 Å². The first kappa shape index (κ1) is 21.0. The summed E-state index contributed by atoms with van der Waals surface area (Å²) in [5.41, 5.74) is 3.78. The standard InChI is InChI=1S/C28H26N2O4/c31-27-15-22(23-16-25-26(33-19-32-25)17-24(23)34-27)18-29-11-13-30(14-12-29)28(20-7-3-1-4-8-20)21-9-5-2-6-10-21/h1-10,15-17,28H,11-14,18-19H2. The van der Waals surface area contributed by atoms with E-state index in [0.717, 1.165) is 37.1 Å². The van der Waals surface area contributed by atoms with Crippen molar-refractivity contribution >= 4 is 11.0 Å². The van der Waals surface area contributed by atoms with Crippen molar-refractivity contribution in [1.29, 1.82) is 0 Å². The number of benzene rings is 3. The molecule has 0 radical (unpaired) electrons. The Morgan fingerprint density at radius 1 is 0.765 bits per heavy atom. The zero-order valence-electron chi connectivity index (χ0n) is 18.9. The van der Waals surface area contributed by atoms with Crippen LogP contribution in [0.15, 0.2) is 88.1 Å². The molecule has 3 heterocycles. The third kappa shape index (κ3) is 4.06. The number of ether oxygens (including phenoxy) is 2. The van der Waals surface area contributed by atoms with Gasteiger partial charge in [-0.1, -0.05) is 60.7 Å². The van der Waals surface area contributed by atoms with Gasteiger partial charge in [0.15, 0.2) is 11.5 Å². The number of piperazine rings is 1. The van der Waals surface area contributed by atoms with Gasteiger partial charge in [-0.25, -0.2) is 4.79 Å². The van der Waals surface area contributed by atoms with E-state index >= 15 is 0 Å². The van der Waals surface area contributed by atoms with E-state index < -0.39 is 0 Å². The van der Waals surface area contributed by atoms with E-state index in [9.17, 15) is 4.79 Å². The fourth-order valence-corrected chi connectivity index (χ4v) is 5.05. The van der Waals surface area contributed by atoms with E-state index in [1.807, 2.05) is 6.07 Å². The molecule has 1 aromatic heterocycles. The molecule has 0 amide bonds. The first-order valence-corrected chi connectivity index (χ1v) is 11.7. The number of rotatable bonds is 5. The molecule has 0 unspecified atom stereocenters. The topological polar surface area (TPSA) is 55.2 Å². The van der Waals surface area contributed by atoms with Gasteiger partial charge in [0.25, 0.3) is 0 Å². The molecule has 4 aromatic rings. The number of hydrogen-bond acceptors (Lipinski definition) is 6. The van der Waals surface area contributed by atoms with Crippen molar-refractivity contribution < 1.29 is 13.9 Å². The summed E-state index contributed by atoms with van der Waals surface area (Å²) < 4.78 is 16.4. The van der Waals surface area contributed by atoms with Crippen molar-refractivity contribution in [2.45, 2.75) is 12.6 Å². The first-order chi connectivity index (χ1) is 16.7. The number of nitrogens with zero attached hydrogens (tertiary/aromatic N) is 2. The minimum absolute atomic E-state index is 0.192. The molecule has 2 aliphatic rings. The highest BCUT2D eigenvalue weighted by atomic mass is 16.7. The Balaban J connectivity index is 1.22. The minimum atomic E-state index is -0.340. The van der Waals surface area contributed by atoms with Crippen LogP contribution >= 0.6 is 0 Å². The van der Waals surface area contributed by atoms with E-state index in [1.54, 1.807) is 12.1 Å². The van der Waals surface area contributed by atoms with Gasteiger partial charge in [0.2, 0.25) is 6.79 Å². The largest absolute Gasteiger partial charge is 0.454 e. The van der Waals surface area contributed by atoms with Crippen molar-refractivity contribution in [3.05, 3.63) is 106 Å². The number of fused-ring (bicyclic) bond motifs is 2. The smallest absolute Gasteiger partial charge is 0.336 e. The third-order valence-electron chi connectivity index (χ3n) is 6.72. The molecule has 0 atom stereocenters. The fourth-order valence-electron chi connectivity index (χ4n) is 5.05. The molecular formula is C28H26N2O4. The molecule has 6 heteroatoms. The van der Waals surface area contributed by atoms with Gasteiger partial charge in [0, 0.05) is 50.2 Å². The second-order valence-corrected chi connectivity index (χ2v) is 8.83. The average molecular weight is 455 g/mol. The lowest BCUT2D eigenvalue weighted by atomic mass is 9.96. The normalized spacial score (nSPS) is 16.4. The molecule has 34 heavy (non-hydrogen) atoms. The maximum absolute atomic E-state index is 12.2. The summed E-state index contributed by atoms with van der Waals surface area (Å²) in [5.74, 6) is 1.32. The van der Waals surface area contributed by atoms with E-state index in [-0.39, 0.29) is 18.5 Å². The summed E-state index contributed by atoms with van der Waals surface area (Å²) in [5, 5.41) is 0.901. The summed E-state index contributed by atoms with van der Waals surface area (Å²) in [6.45, 7) is 4.61. The molecule has 0 aliphatic carbocycles. The second kappa shape index (κ2) is 8.97.